The van der Waals surface area contributed by atoms with E-state index in [1.165, 1.54) is 0 Å². The molecule has 0 saturated carbocycles. The monoisotopic (exact) mass is 278 g/mol. The lowest BCUT2D eigenvalue weighted by atomic mass is 9.76. The maximum Gasteiger partial charge on any atom is 0.310 e. The maximum atomic E-state index is 12.0. The summed E-state index contributed by atoms with van der Waals surface area (Å²) in [5.41, 5.74) is -0.309. The maximum absolute atomic E-state index is 12.0. The summed E-state index contributed by atoms with van der Waals surface area (Å²) in [4.78, 5) is 27.6. The molecule has 0 aromatic carbocycles. The van der Waals surface area contributed by atoms with Crippen molar-refractivity contribution in [1.82, 2.24) is 10.3 Å². The third-order valence-electron chi connectivity index (χ3n) is 3.80. The van der Waals surface area contributed by atoms with Crippen LogP contribution in [0.1, 0.15) is 45.9 Å². The fourth-order valence-corrected chi connectivity index (χ4v) is 1.86. The Morgan fingerprint density at radius 3 is 2.45 bits per heavy atom. The van der Waals surface area contributed by atoms with Gasteiger partial charge in [-0.05, 0) is 31.9 Å². The molecule has 1 aromatic rings. The van der Waals surface area contributed by atoms with Gasteiger partial charge in [-0.2, -0.15) is 0 Å². The summed E-state index contributed by atoms with van der Waals surface area (Å²) in [7, 11) is 0. The summed E-state index contributed by atoms with van der Waals surface area (Å²) in [6.45, 7) is 7.05. The number of nitrogens with zero attached hydrogens (tertiary/aromatic N) is 1. The number of nitrogens with one attached hydrogen (secondary N) is 1. The van der Waals surface area contributed by atoms with E-state index in [2.05, 4.69) is 10.3 Å². The van der Waals surface area contributed by atoms with Gasteiger partial charge in [-0.3, -0.25) is 14.6 Å². The van der Waals surface area contributed by atoms with Gasteiger partial charge in [-0.15, -0.1) is 0 Å². The zero-order chi connectivity index (χ0) is 15.3. The molecule has 20 heavy (non-hydrogen) atoms. The molecule has 0 fully saturated rings. The van der Waals surface area contributed by atoms with E-state index in [1.807, 2.05) is 32.9 Å². The van der Waals surface area contributed by atoms with Crippen LogP contribution in [-0.4, -0.2) is 22.0 Å². The Bertz CT molecular complexity index is 473. The predicted octanol–water partition coefficient (Wildman–Crippen LogP) is 2.40. The zero-order valence-electron chi connectivity index (χ0n) is 12.4. The molecule has 2 atom stereocenters. The van der Waals surface area contributed by atoms with E-state index in [0.717, 1.165) is 5.69 Å². The summed E-state index contributed by atoms with van der Waals surface area (Å²) in [5, 5.41) is 12.1. The molecular formula is C15H22N2O3. The third-order valence-corrected chi connectivity index (χ3v) is 3.80. The van der Waals surface area contributed by atoms with Crippen molar-refractivity contribution in [2.75, 3.05) is 0 Å². The van der Waals surface area contributed by atoms with E-state index in [-0.39, 0.29) is 24.3 Å². The van der Waals surface area contributed by atoms with Crippen LogP contribution >= 0.6 is 0 Å². The molecule has 2 N–H and O–H groups in total. The average Bonchev–Trinajstić information content (AvgIpc) is 2.38. The van der Waals surface area contributed by atoms with Crippen molar-refractivity contribution in [3.63, 3.8) is 0 Å². The van der Waals surface area contributed by atoms with Crippen molar-refractivity contribution in [3.8, 4) is 0 Å². The molecule has 0 aliphatic carbocycles. The van der Waals surface area contributed by atoms with Gasteiger partial charge in [0.05, 0.1) is 17.2 Å². The second-order valence-electron chi connectivity index (χ2n) is 5.60. The predicted molar refractivity (Wildman–Crippen MR) is 76.0 cm³/mol. The number of carbonyl (C=O) groups is 2. The minimum atomic E-state index is -1.06. The Hall–Kier alpha value is -1.91. The van der Waals surface area contributed by atoms with Crippen molar-refractivity contribution >= 4 is 11.9 Å². The van der Waals surface area contributed by atoms with E-state index >= 15 is 0 Å². The van der Waals surface area contributed by atoms with Gasteiger partial charge in [0.2, 0.25) is 5.91 Å². The van der Waals surface area contributed by atoms with Gasteiger partial charge >= 0.3 is 5.97 Å². The smallest absolute Gasteiger partial charge is 0.310 e. The first-order valence-corrected chi connectivity index (χ1v) is 6.71. The lowest BCUT2D eigenvalue weighted by molar-refractivity contribution is -0.153. The molecule has 0 aliphatic rings. The van der Waals surface area contributed by atoms with Gasteiger partial charge in [0.15, 0.2) is 0 Å². The van der Waals surface area contributed by atoms with Crippen LogP contribution in [0.3, 0.4) is 0 Å². The fourth-order valence-electron chi connectivity index (χ4n) is 1.86. The van der Waals surface area contributed by atoms with Gasteiger partial charge in [0, 0.05) is 12.6 Å². The average molecular weight is 278 g/mol. The quantitative estimate of drug-likeness (QED) is 0.837. The Kier molecular flexibility index (Phi) is 5.25. The highest BCUT2D eigenvalue weighted by molar-refractivity contribution is 5.85. The standard InChI is InChI=1S/C15H22N2O3/c1-10(2)15(4,14(19)20)9-13(18)17-11(3)12-7-5-6-8-16-12/h5-8,10-11H,9H2,1-4H3,(H,17,18)(H,19,20)/t11-,15?/m1/s1. The van der Waals surface area contributed by atoms with Crippen molar-refractivity contribution in [2.24, 2.45) is 11.3 Å². The van der Waals surface area contributed by atoms with Crippen LogP contribution in [-0.2, 0) is 9.59 Å². The lowest BCUT2D eigenvalue weighted by Gasteiger charge is -2.28. The summed E-state index contributed by atoms with van der Waals surface area (Å²) >= 11 is 0. The summed E-state index contributed by atoms with van der Waals surface area (Å²) in [6, 6.07) is 5.23. The van der Waals surface area contributed by atoms with Crippen molar-refractivity contribution in [2.45, 2.75) is 40.2 Å². The van der Waals surface area contributed by atoms with Crippen LogP contribution in [0.15, 0.2) is 24.4 Å². The molecule has 0 radical (unpaired) electrons. The highest BCUT2D eigenvalue weighted by atomic mass is 16.4. The largest absolute Gasteiger partial charge is 0.481 e. The minimum absolute atomic E-state index is 0.0445. The van der Waals surface area contributed by atoms with Crippen molar-refractivity contribution in [1.29, 1.82) is 0 Å². The highest BCUT2D eigenvalue weighted by Gasteiger charge is 2.39. The zero-order valence-corrected chi connectivity index (χ0v) is 12.4. The van der Waals surface area contributed by atoms with Crippen LogP contribution in [0, 0.1) is 11.3 Å². The fraction of sp³-hybridized carbons (Fsp3) is 0.533. The second kappa shape index (κ2) is 6.50. The molecule has 5 nitrogen and oxygen atoms in total. The van der Waals surface area contributed by atoms with E-state index in [9.17, 15) is 14.7 Å². The Labute approximate surface area is 119 Å². The first-order chi connectivity index (χ1) is 9.27. The Morgan fingerprint density at radius 2 is 2.00 bits per heavy atom. The molecule has 1 rings (SSSR count). The molecule has 110 valence electrons. The number of rotatable bonds is 6. The molecular weight excluding hydrogens is 256 g/mol. The second-order valence-corrected chi connectivity index (χ2v) is 5.60. The molecule has 0 aliphatic heterocycles. The van der Waals surface area contributed by atoms with Crippen molar-refractivity contribution in [3.05, 3.63) is 30.1 Å². The third kappa shape index (κ3) is 3.79. The number of aromatic nitrogens is 1. The van der Waals surface area contributed by atoms with Crippen LogP contribution in [0.5, 0.6) is 0 Å². The lowest BCUT2D eigenvalue weighted by Crippen LogP contribution is -2.39. The number of hydrogen-bond acceptors (Lipinski definition) is 3. The normalized spacial score (nSPS) is 15.4. The van der Waals surface area contributed by atoms with Crippen LogP contribution in [0.4, 0.5) is 0 Å². The van der Waals surface area contributed by atoms with E-state index in [4.69, 9.17) is 0 Å². The van der Waals surface area contributed by atoms with Gasteiger partial charge in [-0.1, -0.05) is 19.9 Å². The number of hydrogen-bond donors (Lipinski definition) is 2. The molecule has 0 bridgehead atoms. The van der Waals surface area contributed by atoms with E-state index in [1.54, 1.807) is 19.2 Å². The summed E-state index contributed by atoms with van der Waals surface area (Å²) in [5.74, 6) is -1.36. The van der Waals surface area contributed by atoms with Crippen LogP contribution in [0.25, 0.3) is 0 Å². The van der Waals surface area contributed by atoms with Crippen LogP contribution < -0.4 is 5.32 Å². The van der Waals surface area contributed by atoms with Crippen molar-refractivity contribution < 1.29 is 14.7 Å². The van der Waals surface area contributed by atoms with Gasteiger partial charge in [0.1, 0.15) is 0 Å². The number of carboxylic acid groups (broad SMARTS) is 1. The molecule has 0 spiro atoms. The Balaban J connectivity index is 2.70. The molecule has 1 amide bonds. The topological polar surface area (TPSA) is 79.3 Å². The molecule has 1 unspecified atom stereocenters. The minimum Gasteiger partial charge on any atom is -0.481 e. The number of carboxylic acids is 1. The molecule has 0 saturated heterocycles. The number of pyridine rings is 1. The Morgan fingerprint density at radius 1 is 1.35 bits per heavy atom. The van der Waals surface area contributed by atoms with Gasteiger partial charge in [0.25, 0.3) is 0 Å². The van der Waals surface area contributed by atoms with Gasteiger partial charge < -0.3 is 10.4 Å². The molecule has 1 aromatic heterocycles. The first kappa shape index (κ1) is 16.1. The van der Waals surface area contributed by atoms with E-state index in [0.29, 0.717) is 0 Å². The highest BCUT2D eigenvalue weighted by Crippen LogP contribution is 2.31. The summed E-state index contributed by atoms with van der Waals surface area (Å²) in [6.07, 6.45) is 1.62. The summed E-state index contributed by atoms with van der Waals surface area (Å²) < 4.78 is 0. The number of amides is 1. The number of aliphatic carboxylic acids is 1. The molecule has 5 heteroatoms. The SMILES string of the molecule is CC(C)C(C)(CC(=O)N[C@H](C)c1ccccn1)C(=O)O. The van der Waals surface area contributed by atoms with Crippen LogP contribution in [0.2, 0.25) is 0 Å². The number of carbonyl (C=O) groups excluding carboxylic acids is 1. The van der Waals surface area contributed by atoms with E-state index < -0.39 is 11.4 Å². The first-order valence-electron chi connectivity index (χ1n) is 6.71. The van der Waals surface area contributed by atoms with Gasteiger partial charge in [-0.25, -0.2) is 0 Å². The molecule has 1 heterocycles.